The van der Waals surface area contributed by atoms with Crippen LogP contribution in [0.5, 0.6) is 0 Å². The van der Waals surface area contributed by atoms with Gasteiger partial charge in [-0.05, 0) is 49.9 Å². The Morgan fingerprint density at radius 1 is 1.26 bits per heavy atom. The number of hydrogen-bond acceptors (Lipinski definition) is 2. The van der Waals surface area contributed by atoms with Crippen molar-refractivity contribution in [3.8, 4) is 0 Å². The molecule has 19 heavy (non-hydrogen) atoms. The Morgan fingerprint density at radius 2 is 1.79 bits per heavy atom. The fraction of sp³-hybridized carbons (Fsp3) is 0.214. The highest BCUT2D eigenvalue weighted by Crippen LogP contribution is 2.33. The minimum absolute atomic E-state index is 0.248. The Kier molecular flexibility index (Phi) is 4.94. The van der Waals surface area contributed by atoms with Gasteiger partial charge in [0.15, 0.2) is 0 Å². The lowest BCUT2D eigenvalue weighted by atomic mass is 10.3. The van der Waals surface area contributed by atoms with E-state index in [1.165, 1.54) is 0 Å². The SMILES string of the molecule is C=C(C)C(=O)Nc1ccc(S(O)(=CO)=C(C)C)cc1. The molecule has 104 valence electrons. The molecule has 0 aliphatic rings. The molecule has 0 aromatic heterocycles. The van der Waals surface area contributed by atoms with Gasteiger partial charge in [-0.1, -0.05) is 16.1 Å². The number of rotatable bonds is 3. The van der Waals surface area contributed by atoms with Crippen LogP contribution in [0.15, 0.2) is 41.3 Å². The molecule has 4 nitrogen and oxygen atoms in total. The van der Waals surface area contributed by atoms with Gasteiger partial charge in [0.25, 0.3) is 5.91 Å². The summed E-state index contributed by atoms with van der Waals surface area (Å²) >= 11 is 0. The van der Waals surface area contributed by atoms with Crippen molar-refractivity contribution >= 4 is 31.5 Å². The van der Waals surface area contributed by atoms with E-state index in [0.717, 1.165) is 10.4 Å². The van der Waals surface area contributed by atoms with Crippen molar-refractivity contribution in [2.24, 2.45) is 0 Å². The summed E-state index contributed by atoms with van der Waals surface area (Å²) in [5, 5.41) is 11.9. The second-order valence-corrected chi connectivity index (χ2v) is 7.15. The predicted molar refractivity (Wildman–Crippen MR) is 83.4 cm³/mol. The van der Waals surface area contributed by atoms with Crippen LogP contribution in [0.25, 0.3) is 0 Å². The largest absolute Gasteiger partial charge is 0.361 e. The van der Waals surface area contributed by atoms with Gasteiger partial charge in [-0.15, -0.1) is 0 Å². The Labute approximate surface area is 114 Å². The van der Waals surface area contributed by atoms with E-state index in [1.807, 2.05) is 0 Å². The quantitative estimate of drug-likeness (QED) is 0.587. The van der Waals surface area contributed by atoms with Gasteiger partial charge in [0, 0.05) is 16.2 Å². The fourth-order valence-corrected chi connectivity index (χ4v) is 2.74. The maximum atomic E-state index is 11.5. The van der Waals surface area contributed by atoms with Crippen LogP contribution >= 0.6 is 9.49 Å². The van der Waals surface area contributed by atoms with Crippen LogP contribution in [0.3, 0.4) is 0 Å². The van der Waals surface area contributed by atoms with Gasteiger partial charge in [0.2, 0.25) is 0 Å². The molecule has 0 aliphatic carbocycles. The van der Waals surface area contributed by atoms with Crippen LogP contribution in [0, 0.1) is 0 Å². The second kappa shape index (κ2) is 6.06. The summed E-state index contributed by atoms with van der Waals surface area (Å²) in [5.41, 5.74) is 1.88. The lowest BCUT2D eigenvalue weighted by Crippen LogP contribution is -2.11. The lowest BCUT2D eigenvalue weighted by molar-refractivity contribution is -0.112. The van der Waals surface area contributed by atoms with Gasteiger partial charge in [-0.3, -0.25) is 4.79 Å². The molecule has 1 atom stereocenters. The average Bonchev–Trinajstić information content (AvgIpc) is 2.38. The third-order valence-corrected chi connectivity index (χ3v) is 5.17. The summed E-state index contributed by atoms with van der Waals surface area (Å²) in [6.07, 6.45) is 0. The van der Waals surface area contributed by atoms with E-state index in [-0.39, 0.29) is 5.91 Å². The standard InChI is InChI=1S/C14H19NO3S/c1-10(2)14(17)15-12-5-7-13(8-6-12)19(18,9-16)11(3)4/h5-9,16,18H,1H2,2-4H3,(H,15,17). The van der Waals surface area contributed by atoms with E-state index < -0.39 is 9.49 Å². The number of aliphatic hydroxyl groups excluding tert-OH is 1. The molecule has 0 fully saturated rings. The van der Waals surface area contributed by atoms with Gasteiger partial charge in [0.05, 0.1) is 5.55 Å². The van der Waals surface area contributed by atoms with Crippen LogP contribution in [0.4, 0.5) is 5.69 Å². The number of anilines is 1. The molecule has 1 aromatic carbocycles. The van der Waals surface area contributed by atoms with Crippen molar-refractivity contribution in [3.05, 3.63) is 36.4 Å². The molecule has 1 unspecified atom stereocenters. The van der Waals surface area contributed by atoms with E-state index in [1.54, 1.807) is 45.0 Å². The molecule has 3 N–H and O–H groups in total. The lowest BCUT2D eigenvalue weighted by Gasteiger charge is -2.14. The zero-order valence-corrected chi connectivity index (χ0v) is 12.1. The number of benzene rings is 1. The van der Waals surface area contributed by atoms with Crippen LogP contribution in [-0.2, 0) is 4.79 Å². The first-order valence-electron chi connectivity index (χ1n) is 5.71. The van der Waals surface area contributed by atoms with Crippen LogP contribution < -0.4 is 5.32 Å². The molecule has 0 spiro atoms. The van der Waals surface area contributed by atoms with Gasteiger partial charge in [0.1, 0.15) is 0 Å². The topological polar surface area (TPSA) is 69.6 Å². The summed E-state index contributed by atoms with van der Waals surface area (Å²) in [4.78, 5) is 12.8. The Bertz CT molecular complexity index is 617. The Balaban J connectivity index is 3.12. The summed E-state index contributed by atoms with van der Waals surface area (Å²) < 4.78 is 10.4. The molecule has 5 heteroatoms. The van der Waals surface area contributed by atoms with Crippen molar-refractivity contribution in [2.75, 3.05) is 5.32 Å². The minimum atomic E-state index is -2.42. The van der Waals surface area contributed by atoms with Crippen molar-refractivity contribution in [3.63, 3.8) is 0 Å². The van der Waals surface area contributed by atoms with Gasteiger partial charge in [-0.25, -0.2) is 0 Å². The van der Waals surface area contributed by atoms with Crippen molar-refractivity contribution in [1.82, 2.24) is 0 Å². The maximum Gasteiger partial charge on any atom is 0.250 e. The second-order valence-electron chi connectivity index (χ2n) is 4.40. The molecule has 0 aliphatic heterocycles. The van der Waals surface area contributed by atoms with E-state index in [9.17, 15) is 14.5 Å². The van der Waals surface area contributed by atoms with Crippen LogP contribution in [0.2, 0.25) is 0 Å². The van der Waals surface area contributed by atoms with E-state index in [2.05, 4.69) is 11.9 Å². The summed E-state index contributed by atoms with van der Waals surface area (Å²) in [5.74, 6) is -0.248. The van der Waals surface area contributed by atoms with E-state index in [4.69, 9.17) is 0 Å². The zero-order chi connectivity index (χ0) is 14.6. The van der Waals surface area contributed by atoms with Crippen LogP contribution in [-0.4, -0.2) is 26.0 Å². The smallest absolute Gasteiger partial charge is 0.250 e. The highest BCUT2D eigenvalue weighted by molar-refractivity contribution is 8.25. The minimum Gasteiger partial charge on any atom is -0.361 e. The number of carbonyl (C=O) groups excluding carboxylic acids is 1. The summed E-state index contributed by atoms with van der Waals surface area (Å²) in [6.45, 7) is 8.71. The maximum absolute atomic E-state index is 11.5. The molecule has 0 saturated heterocycles. The summed E-state index contributed by atoms with van der Waals surface area (Å²) in [7, 11) is -2.42. The molecule has 0 bridgehead atoms. The molecule has 1 amide bonds. The molecular formula is C14H19NO3S. The van der Waals surface area contributed by atoms with Gasteiger partial charge >= 0.3 is 0 Å². The third-order valence-electron chi connectivity index (χ3n) is 2.63. The first-order chi connectivity index (χ1) is 8.81. The van der Waals surface area contributed by atoms with Crippen molar-refractivity contribution < 1.29 is 14.5 Å². The highest BCUT2D eigenvalue weighted by Gasteiger charge is 2.07. The third kappa shape index (κ3) is 3.47. The number of carbonyl (C=O) groups is 1. The first-order valence-corrected chi connectivity index (χ1v) is 7.37. The van der Waals surface area contributed by atoms with Crippen LogP contribution in [0.1, 0.15) is 20.8 Å². The Hall–Kier alpha value is -1.56. The fourth-order valence-electron chi connectivity index (χ4n) is 1.39. The van der Waals surface area contributed by atoms with E-state index >= 15 is 0 Å². The molecular weight excluding hydrogens is 262 g/mol. The Morgan fingerprint density at radius 3 is 2.16 bits per heavy atom. The number of nitrogens with one attached hydrogen (secondary N) is 1. The molecule has 1 aromatic rings. The number of aliphatic hydroxyl groups is 1. The number of amides is 1. The first kappa shape index (κ1) is 15.5. The predicted octanol–water partition coefficient (Wildman–Crippen LogP) is 3.37. The monoisotopic (exact) mass is 281 g/mol. The molecule has 0 radical (unpaired) electrons. The molecule has 1 rings (SSSR count). The zero-order valence-electron chi connectivity index (χ0n) is 11.3. The van der Waals surface area contributed by atoms with Gasteiger partial charge < -0.3 is 15.0 Å². The normalized spacial score (nSPS) is 13.3. The molecule has 0 saturated carbocycles. The average molecular weight is 281 g/mol. The van der Waals surface area contributed by atoms with E-state index in [0.29, 0.717) is 16.2 Å². The number of hydrogen-bond donors (Lipinski definition) is 3. The van der Waals surface area contributed by atoms with Crippen molar-refractivity contribution in [2.45, 2.75) is 25.7 Å². The van der Waals surface area contributed by atoms with Crippen molar-refractivity contribution in [1.29, 1.82) is 0 Å². The summed E-state index contributed by atoms with van der Waals surface area (Å²) in [6, 6.07) is 6.73. The molecule has 0 heterocycles. The van der Waals surface area contributed by atoms with Gasteiger partial charge in [-0.2, -0.15) is 0 Å². The highest BCUT2D eigenvalue weighted by atomic mass is 32.2.